The zero-order valence-corrected chi connectivity index (χ0v) is 7.17. The van der Waals surface area contributed by atoms with E-state index in [4.69, 9.17) is 20.3 Å². The Morgan fingerprint density at radius 3 is 1.54 bits per heavy atom. The first-order valence-corrected chi connectivity index (χ1v) is 3.27. The summed E-state index contributed by atoms with van der Waals surface area (Å²) >= 11 is 0. The second-order valence-electron chi connectivity index (χ2n) is 2.10. The first-order chi connectivity index (χ1) is 5.93. The largest absolute Gasteiger partial charge is 0.480 e. The van der Waals surface area contributed by atoms with Crippen molar-refractivity contribution in [2.75, 3.05) is 20.1 Å². The molecule has 0 spiro atoms. The monoisotopic (exact) mass is 193 g/mol. The van der Waals surface area contributed by atoms with Crippen molar-refractivity contribution in [1.29, 1.82) is 0 Å². The molecular formula is C5H12BNO6. The minimum absolute atomic E-state index is 0.244. The average molecular weight is 193 g/mol. The molecule has 0 fully saturated rings. The smallest absolute Gasteiger partial charge is 0.432 e. The zero-order valence-electron chi connectivity index (χ0n) is 7.17. The van der Waals surface area contributed by atoms with Gasteiger partial charge in [0.15, 0.2) is 0 Å². The summed E-state index contributed by atoms with van der Waals surface area (Å²) in [5, 5.41) is 30.6. The summed E-state index contributed by atoms with van der Waals surface area (Å²) in [5.74, 6) is -2.05. The van der Waals surface area contributed by atoms with Crippen molar-refractivity contribution in [2.45, 2.75) is 0 Å². The number of carboxylic acids is 2. The zero-order chi connectivity index (χ0) is 10.9. The van der Waals surface area contributed by atoms with Gasteiger partial charge in [0, 0.05) is 0 Å². The number of hydrogen-bond donors (Lipinski definition) is 4. The molecule has 4 N–H and O–H groups in total. The molecule has 0 saturated heterocycles. The van der Waals surface area contributed by atoms with Crippen molar-refractivity contribution in [2.24, 2.45) is 0 Å². The molecule has 0 aliphatic rings. The number of aliphatic carboxylic acids is 2. The highest BCUT2D eigenvalue weighted by Gasteiger charge is 2.06. The van der Waals surface area contributed by atoms with Gasteiger partial charge < -0.3 is 20.3 Å². The van der Waals surface area contributed by atoms with Gasteiger partial charge in [-0.05, 0) is 7.05 Å². The molecule has 0 bridgehead atoms. The lowest BCUT2D eigenvalue weighted by molar-refractivity contribution is -0.141. The van der Waals surface area contributed by atoms with Crippen LogP contribution < -0.4 is 0 Å². The molecule has 0 aliphatic carbocycles. The Kier molecular flexibility index (Phi) is 9.95. The predicted octanol–water partition coefficient (Wildman–Crippen LogP) is -2.68. The van der Waals surface area contributed by atoms with Crippen LogP contribution in [0.2, 0.25) is 0 Å². The van der Waals surface area contributed by atoms with E-state index in [2.05, 4.69) is 0 Å². The van der Waals surface area contributed by atoms with Crippen LogP contribution in [0.3, 0.4) is 0 Å². The van der Waals surface area contributed by atoms with Crippen molar-refractivity contribution < 1.29 is 29.9 Å². The number of nitrogens with zero attached hydrogens (tertiary/aromatic N) is 1. The number of carbonyl (C=O) groups is 2. The molecule has 0 unspecified atom stereocenters. The van der Waals surface area contributed by atoms with E-state index in [1.165, 1.54) is 11.9 Å². The SMILES string of the molecule is CN(CC(=O)O)CC(=O)O.OBO. The molecule has 0 saturated carbocycles. The summed E-state index contributed by atoms with van der Waals surface area (Å²) < 4.78 is 0. The molecule has 76 valence electrons. The first kappa shape index (κ1) is 14.4. The van der Waals surface area contributed by atoms with Crippen LogP contribution >= 0.6 is 0 Å². The topological polar surface area (TPSA) is 118 Å². The fraction of sp³-hybridized carbons (Fsp3) is 0.600. The Balaban J connectivity index is 0. The maximum Gasteiger partial charge on any atom is 0.432 e. The van der Waals surface area contributed by atoms with Gasteiger partial charge in [-0.15, -0.1) is 0 Å². The summed E-state index contributed by atoms with van der Waals surface area (Å²) in [6.45, 7) is -0.488. The van der Waals surface area contributed by atoms with Gasteiger partial charge >= 0.3 is 19.6 Å². The number of carboxylic acid groups (broad SMARTS) is 2. The first-order valence-electron chi connectivity index (χ1n) is 3.27. The molecule has 0 aromatic carbocycles. The Morgan fingerprint density at radius 2 is 1.38 bits per heavy atom. The highest BCUT2D eigenvalue weighted by molar-refractivity contribution is 6.13. The van der Waals surface area contributed by atoms with Gasteiger partial charge in [-0.3, -0.25) is 14.5 Å². The maximum atomic E-state index is 9.96. The van der Waals surface area contributed by atoms with Crippen molar-refractivity contribution in [3.8, 4) is 0 Å². The van der Waals surface area contributed by atoms with Crippen LogP contribution in [-0.2, 0) is 9.59 Å². The summed E-state index contributed by atoms with van der Waals surface area (Å²) in [6, 6.07) is 0. The van der Waals surface area contributed by atoms with Gasteiger partial charge in [0.1, 0.15) is 0 Å². The molecule has 13 heavy (non-hydrogen) atoms. The van der Waals surface area contributed by atoms with E-state index >= 15 is 0 Å². The summed E-state index contributed by atoms with van der Waals surface area (Å²) in [4.78, 5) is 21.1. The lowest BCUT2D eigenvalue weighted by Gasteiger charge is -2.08. The Morgan fingerprint density at radius 1 is 1.15 bits per heavy atom. The van der Waals surface area contributed by atoms with Crippen LogP contribution in [-0.4, -0.2) is 64.9 Å². The van der Waals surface area contributed by atoms with Crippen molar-refractivity contribution in [1.82, 2.24) is 4.90 Å². The lowest BCUT2D eigenvalue weighted by Crippen LogP contribution is -2.30. The van der Waals surface area contributed by atoms with E-state index in [9.17, 15) is 9.59 Å². The van der Waals surface area contributed by atoms with Crippen molar-refractivity contribution in [3.63, 3.8) is 0 Å². The third kappa shape index (κ3) is 18.1. The second kappa shape index (κ2) is 8.98. The van der Waals surface area contributed by atoms with Crippen LogP contribution in [0.15, 0.2) is 0 Å². The van der Waals surface area contributed by atoms with Gasteiger partial charge in [-0.2, -0.15) is 0 Å². The van der Waals surface area contributed by atoms with Crippen LogP contribution in [0.1, 0.15) is 0 Å². The Hall–Kier alpha value is -1.12. The fourth-order valence-corrected chi connectivity index (χ4v) is 0.518. The molecular weight excluding hydrogens is 181 g/mol. The fourth-order valence-electron chi connectivity index (χ4n) is 0.518. The number of likely N-dealkylation sites (N-methyl/N-ethyl adjacent to an activating group) is 1. The molecule has 0 atom stereocenters. The standard InChI is InChI=1S/C5H9NO4.BH3O2/c1-6(2-4(7)8)3-5(9)10;2-1-3/h2-3H2,1H3,(H,7,8)(H,9,10);1-3H. The predicted molar refractivity (Wildman–Crippen MR) is 44.4 cm³/mol. The van der Waals surface area contributed by atoms with Gasteiger partial charge in [-0.1, -0.05) is 0 Å². The van der Waals surface area contributed by atoms with Crippen LogP contribution in [0.5, 0.6) is 0 Å². The molecule has 7 nitrogen and oxygen atoms in total. The molecule has 0 radical (unpaired) electrons. The van der Waals surface area contributed by atoms with Gasteiger partial charge in [-0.25, -0.2) is 0 Å². The minimum atomic E-state index is -1.02. The average Bonchev–Trinajstić information content (AvgIpc) is 1.83. The van der Waals surface area contributed by atoms with E-state index in [0.29, 0.717) is 0 Å². The molecule has 0 aromatic heterocycles. The minimum Gasteiger partial charge on any atom is -0.480 e. The van der Waals surface area contributed by atoms with E-state index in [-0.39, 0.29) is 13.1 Å². The molecule has 0 rings (SSSR count). The summed E-state index contributed by atoms with van der Waals surface area (Å²) in [5.41, 5.74) is 0. The van der Waals surface area contributed by atoms with E-state index < -0.39 is 19.6 Å². The van der Waals surface area contributed by atoms with E-state index in [1.807, 2.05) is 0 Å². The quantitative estimate of drug-likeness (QED) is 0.359. The summed E-state index contributed by atoms with van der Waals surface area (Å²) in [6.07, 6.45) is 0. The Labute approximate surface area is 75.5 Å². The van der Waals surface area contributed by atoms with Gasteiger partial charge in [0.2, 0.25) is 0 Å². The van der Waals surface area contributed by atoms with Crippen LogP contribution in [0, 0.1) is 0 Å². The van der Waals surface area contributed by atoms with Gasteiger partial charge in [0.25, 0.3) is 0 Å². The lowest BCUT2D eigenvalue weighted by atomic mass is 10.5. The Bertz CT molecular complexity index is 147. The highest BCUT2D eigenvalue weighted by Crippen LogP contribution is 1.80. The van der Waals surface area contributed by atoms with E-state index in [1.54, 1.807) is 0 Å². The van der Waals surface area contributed by atoms with Gasteiger partial charge in [0.05, 0.1) is 13.1 Å². The molecule has 8 heteroatoms. The molecule has 0 aliphatic heterocycles. The van der Waals surface area contributed by atoms with E-state index in [0.717, 1.165) is 0 Å². The highest BCUT2D eigenvalue weighted by atomic mass is 16.4. The molecule has 0 aromatic rings. The molecule has 0 heterocycles. The van der Waals surface area contributed by atoms with Crippen molar-refractivity contribution >= 4 is 19.6 Å². The van der Waals surface area contributed by atoms with Crippen LogP contribution in [0.4, 0.5) is 0 Å². The maximum absolute atomic E-state index is 9.96. The molecule has 0 amide bonds. The third-order valence-electron chi connectivity index (χ3n) is 0.810. The number of rotatable bonds is 4. The third-order valence-corrected chi connectivity index (χ3v) is 0.810. The van der Waals surface area contributed by atoms with Crippen LogP contribution in [0.25, 0.3) is 0 Å². The number of hydrogen-bond acceptors (Lipinski definition) is 5. The second-order valence-corrected chi connectivity index (χ2v) is 2.10. The summed E-state index contributed by atoms with van der Waals surface area (Å²) in [7, 11) is 0.683. The van der Waals surface area contributed by atoms with Crippen molar-refractivity contribution in [3.05, 3.63) is 0 Å². The normalized spacial score (nSPS) is 8.62.